The Bertz CT molecular complexity index is 669. The minimum atomic E-state index is -0.552. The number of aromatic nitrogens is 2. The molecule has 0 unspecified atom stereocenters. The second-order valence-corrected chi connectivity index (χ2v) is 6.24. The van der Waals surface area contributed by atoms with Crippen LogP contribution in [0.4, 0.5) is 0 Å². The number of carbonyl (C=O) groups is 1. The molecular weight excluding hydrogens is 306 g/mol. The highest BCUT2D eigenvalue weighted by molar-refractivity contribution is 5.79. The van der Waals surface area contributed by atoms with Crippen molar-refractivity contribution in [1.29, 1.82) is 0 Å². The van der Waals surface area contributed by atoms with E-state index in [4.69, 9.17) is 4.74 Å². The van der Waals surface area contributed by atoms with Gasteiger partial charge in [-0.3, -0.25) is 9.48 Å². The lowest BCUT2D eigenvalue weighted by molar-refractivity contribution is -0.127. The summed E-state index contributed by atoms with van der Waals surface area (Å²) in [6.45, 7) is 3.15. The summed E-state index contributed by atoms with van der Waals surface area (Å²) in [7, 11) is 0. The molecule has 6 nitrogen and oxygen atoms in total. The zero-order chi connectivity index (χ0) is 16.9. The largest absolute Gasteiger partial charge is 0.392 e. The van der Waals surface area contributed by atoms with E-state index in [1.54, 1.807) is 13.1 Å². The zero-order valence-electron chi connectivity index (χ0n) is 13.8. The number of carbonyl (C=O) groups excluding carboxylic acids is 1. The van der Waals surface area contributed by atoms with Gasteiger partial charge in [0.1, 0.15) is 0 Å². The van der Waals surface area contributed by atoms with Crippen LogP contribution in [0.5, 0.6) is 0 Å². The molecule has 0 saturated carbocycles. The van der Waals surface area contributed by atoms with E-state index in [2.05, 4.69) is 22.5 Å². The van der Waals surface area contributed by atoms with Crippen LogP contribution in [0.3, 0.4) is 0 Å². The molecule has 2 N–H and O–H groups in total. The third-order valence-corrected chi connectivity index (χ3v) is 4.17. The van der Waals surface area contributed by atoms with Gasteiger partial charge in [0.15, 0.2) is 0 Å². The number of hydrogen-bond acceptors (Lipinski definition) is 4. The molecule has 24 heavy (non-hydrogen) atoms. The summed E-state index contributed by atoms with van der Waals surface area (Å²) < 4.78 is 7.62. The van der Waals surface area contributed by atoms with Crippen LogP contribution in [0.2, 0.25) is 0 Å². The average Bonchev–Trinajstić information content (AvgIpc) is 3.22. The minimum Gasteiger partial charge on any atom is -0.392 e. The monoisotopic (exact) mass is 329 g/mol. The molecule has 6 heteroatoms. The molecule has 3 atom stereocenters. The Hall–Kier alpha value is -2.18. The summed E-state index contributed by atoms with van der Waals surface area (Å²) in [5, 5.41) is 16.5. The van der Waals surface area contributed by atoms with Gasteiger partial charge in [-0.25, -0.2) is 0 Å². The van der Waals surface area contributed by atoms with E-state index in [9.17, 15) is 9.90 Å². The molecule has 1 aliphatic heterocycles. The average molecular weight is 329 g/mol. The fourth-order valence-electron chi connectivity index (χ4n) is 2.95. The van der Waals surface area contributed by atoms with Crippen molar-refractivity contribution in [2.24, 2.45) is 5.92 Å². The van der Waals surface area contributed by atoms with Crippen molar-refractivity contribution < 1.29 is 14.6 Å². The zero-order valence-corrected chi connectivity index (χ0v) is 13.8. The normalized spacial score (nSPS) is 21.6. The molecule has 128 valence electrons. The molecule has 1 aromatic heterocycles. The SMILES string of the molecule is C[C@@H](O)CNC(=O)[C@H]1CCO[C@@H]1c1cnn(Cc2ccccc2)c1. The van der Waals surface area contributed by atoms with Crippen molar-refractivity contribution in [2.45, 2.75) is 32.1 Å². The first-order valence-electron chi connectivity index (χ1n) is 8.27. The van der Waals surface area contributed by atoms with E-state index in [0.717, 1.165) is 5.56 Å². The first kappa shape index (κ1) is 16.7. The van der Waals surface area contributed by atoms with E-state index in [1.807, 2.05) is 29.1 Å². The van der Waals surface area contributed by atoms with Crippen LogP contribution in [-0.2, 0) is 16.1 Å². The second kappa shape index (κ2) is 7.59. The predicted octanol–water partition coefficient (Wildman–Crippen LogP) is 1.51. The van der Waals surface area contributed by atoms with Gasteiger partial charge in [-0.1, -0.05) is 30.3 Å². The van der Waals surface area contributed by atoms with Crippen molar-refractivity contribution in [3.05, 3.63) is 53.9 Å². The van der Waals surface area contributed by atoms with Crippen LogP contribution in [0.1, 0.15) is 30.6 Å². The summed E-state index contributed by atoms with van der Waals surface area (Å²) in [5.74, 6) is -0.313. The van der Waals surface area contributed by atoms with Crippen LogP contribution in [-0.4, -0.2) is 40.0 Å². The molecule has 1 aliphatic rings. The number of amides is 1. The van der Waals surface area contributed by atoms with Crippen LogP contribution in [0.25, 0.3) is 0 Å². The maximum atomic E-state index is 12.3. The topological polar surface area (TPSA) is 76.4 Å². The van der Waals surface area contributed by atoms with Gasteiger partial charge < -0.3 is 15.2 Å². The fourth-order valence-corrected chi connectivity index (χ4v) is 2.95. The minimum absolute atomic E-state index is 0.0748. The van der Waals surface area contributed by atoms with Crippen molar-refractivity contribution >= 4 is 5.91 Å². The van der Waals surface area contributed by atoms with Crippen LogP contribution in [0.15, 0.2) is 42.7 Å². The maximum absolute atomic E-state index is 12.3. The maximum Gasteiger partial charge on any atom is 0.226 e. The van der Waals surface area contributed by atoms with Crippen molar-refractivity contribution in [2.75, 3.05) is 13.2 Å². The summed E-state index contributed by atoms with van der Waals surface area (Å²) in [6, 6.07) is 10.1. The standard InChI is InChI=1S/C18H23N3O3/c1-13(22)9-19-18(23)16-7-8-24-17(16)15-10-20-21(12-15)11-14-5-3-2-4-6-14/h2-6,10,12-13,16-17,22H,7-9,11H2,1H3,(H,19,23)/t13-,16+,17-/m1/s1. The van der Waals surface area contributed by atoms with E-state index in [0.29, 0.717) is 19.6 Å². The number of rotatable bonds is 6. The van der Waals surface area contributed by atoms with E-state index >= 15 is 0 Å². The van der Waals surface area contributed by atoms with Gasteiger partial charge in [-0.05, 0) is 18.9 Å². The number of aliphatic hydroxyl groups is 1. The molecule has 0 bridgehead atoms. The van der Waals surface area contributed by atoms with Crippen molar-refractivity contribution in [3.63, 3.8) is 0 Å². The Morgan fingerprint density at radius 1 is 1.46 bits per heavy atom. The smallest absolute Gasteiger partial charge is 0.226 e. The number of aliphatic hydroxyl groups excluding tert-OH is 1. The highest BCUT2D eigenvalue weighted by Crippen LogP contribution is 2.34. The van der Waals surface area contributed by atoms with E-state index in [1.165, 1.54) is 5.56 Å². The highest BCUT2D eigenvalue weighted by atomic mass is 16.5. The fraction of sp³-hybridized carbons (Fsp3) is 0.444. The number of nitrogens with zero attached hydrogens (tertiary/aromatic N) is 2. The Morgan fingerprint density at radius 2 is 2.25 bits per heavy atom. The number of nitrogens with one attached hydrogen (secondary N) is 1. The van der Waals surface area contributed by atoms with Crippen LogP contribution >= 0.6 is 0 Å². The van der Waals surface area contributed by atoms with Gasteiger partial charge in [0.25, 0.3) is 0 Å². The van der Waals surface area contributed by atoms with Crippen molar-refractivity contribution in [3.8, 4) is 0 Å². The van der Waals surface area contributed by atoms with E-state index in [-0.39, 0.29) is 24.5 Å². The van der Waals surface area contributed by atoms with Gasteiger partial charge in [0.05, 0.1) is 30.9 Å². The molecule has 0 radical (unpaired) electrons. The Kier molecular flexibility index (Phi) is 5.27. The molecular formula is C18H23N3O3. The summed E-state index contributed by atoms with van der Waals surface area (Å²) in [6.07, 6.45) is 3.57. The first-order chi connectivity index (χ1) is 11.6. The molecule has 1 aromatic carbocycles. The number of hydrogen-bond donors (Lipinski definition) is 2. The molecule has 1 amide bonds. The lowest BCUT2D eigenvalue weighted by atomic mass is 9.96. The van der Waals surface area contributed by atoms with E-state index < -0.39 is 6.10 Å². The van der Waals surface area contributed by atoms with Gasteiger partial charge in [0.2, 0.25) is 5.91 Å². The molecule has 2 heterocycles. The third-order valence-electron chi connectivity index (χ3n) is 4.17. The molecule has 0 spiro atoms. The second-order valence-electron chi connectivity index (χ2n) is 6.24. The lowest BCUT2D eigenvalue weighted by Crippen LogP contribution is -2.36. The molecule has 3 rings (SSSR count). The Labute approximate surface area is 141 Å². The first-order valence-corrected chi connectivity index (χ1v) is 8.27. The van der Waals surface area contributed by atoms with Gasteiger partial charge in [-0.2, -0.15) is 5.10 Å². The summed E-state index contributed by atoms with van der Waals surface area (Å²) >= 11 is 0. The number of benzene rings is 1. The molecule has 1 saturated heterocycles. The van der Waals surface area contributed by atoms with Crippen LogP contribution in [0, 0.1) is 5.92 Å². The van der Waals surface area contributed by atoms with Gasteiger partial charge >= 0.3 is 0 Å². The molecule has 0 aliphatic carbocycles. The Morgan fingerprint density at radius 3 is 3.00 bits per heavy atom. The highest BCUT2D eigenvalue weighted by Gasteiger charge is 2.35. The Balaban J connectivity index is 1.66. The van der Waals surface area contributed by atoms with Crippen LogP contribution < -0.4 is 5.32 Å². The predicted molar refractivity (Wildman–Crippen MR) is 89.3 cm³/mol. The lowest BCUT2D eigenvalue weighted by Gasteiger charge is -2.17. The number of ether oxygens (including phenoxy) is 1. The molecule has 1 fully saturated rings. The summed E-state index contributed by atoms with van der Waals surface area (Å²) in [4.78, 5) is 12.3. The third kappa shape index (κ3) is 4.01. The molecule has 2 aromatic rings. The quantitative estimate of drug-likeness (QED) is 0.842. The van der Waals surface area contributed by atoms with Crippen molar-refractivity contribution in [1.82, 2.24) is 15.1 Å². The van der Waals surface area contributed by atoms with Gasteiger partial charge in [-0.15, -0.1) is 0 Å². The summed E-state index contributed by atoms with van der Waals surface area (Å²) in [5.41, 5.74) is 2.09. The van der Waals surface area contributed by atoms with Gasteiger partial charge in [0, 0.05) is 24.9 Å².